The Hall–Kier alpha value is -4.96. The van der Waals surface area contributed by atoms with Gasteiger partial charge in [-0.15, -0.1) is 24.7 Å². The SMILES string of the molecule is C#CCCCCOc1cc(OCCCCC#C)cc(C(=O)NCCCc2c(OCCCCC(C)=O)cc(C(=O)O)cc2OCCCCC(C)=O)c1. The largest absolute Gasteiger partial charge is 0.493 e. The number of aromatic carboxylic acids is 1. The van der Waals surface area contributed by atoms with E-state index in [0.29, 0.717) is 131 Å². The summed E-state index contributed by atoms with van der Waals surface area (Å²) in [4.78, 5) is 48.0. The molecule has 0 saturated heterocycles. The summed E-state index contributed by atoms with van der Waals surface area (Å²) in [7, 11) is 0. The lowest BCUT2D eigenvalue weighted by Crippen LogP contribution is -2.25. The zero-order valence-corrected chi connectivity index (χ0v) is 30.2. The van der Waals surface area contributed by atoms with Crippen molar-refractivity contribution in [2.24, 2.45) is 0 Å². The van der Waals surface area contributed by atoms with Crippen molar-refractivity contribution in [1.82, 2.24) is 5.32 Å². The Kier molecular flexibility index (Phi) is 20.7. The highest BCUT2D eigenvalue weighted by Crippen LogP contribution is 2.33. The number of carboxylic acids is 1. The molecule has 0 aliphatic rings. The third kappa shape index (κ3) is 18.0. The fourth-order valence-corrected chi connectivity index (χ4v) is 5.04. The summed E-state index contributed by atoms with van der Waals surface area (Å²) < 4.78 is 24.0. The smallest absolute Gasteiger partial charge is 0.335 e. The molecule has 2 aromatic rings. The van der Waals surface area contributed by atoms with Crippen LogP contribution < -0.4 is 24.3 Å². The molecule has 0 aliphatic carbocycles. The molecule has 0 atom stereocenters. The second-order valence-electron chi connectivity index (χ2n) is 12.3. The van der Waals surface area contributed by atoms with Gasteiger partial charge in [-0.3, -0.25) is 4.79 Å². The van der Waals surface area contributed by atoms with E-state index in [-0.39, 0.29) is 23.0 Å². The highest BCUT2D eigenvalue weighted by atomic mass is 16.5. The van der Waals surface area contributed by atoms with Crippen LogP contribution in [0.25, 0.3) is 0 Å². The molecule has 0 aromatic heterocycles. The molecule has 2 aromatic carbocycles. The second kappa shape index (κ2) is 25.1. The Morgan fingerprint density at radius 1 is 0.627 bits per heavy atom. The number of benzene rings is 2. The first-order valence-electron chi connectivity index (χ1n) is 17.8. The van der Waals surface area contributed by atoms with Gasteiger partial charge in [-0.2, -0.15) is 0 Å². The predicted molar refractivity (Wildman–Crippen MR) is 197 cm³/mol. The molecular formula is C41H53NO9. The highest BCUT2D eigenvalue weighted by Gasteiger charge is 2.18. The summed E-state index contributed by atoms with van der Waals surface area (Å²) in [5, 5.41) is 12.8. The molecule has 10 nitrogen and oxygen atoms in total. The minimum absolute atomic E-state index is 0.0248. The Bertz CT molecular complexity index is 1410. The molecule has 51 heavy (non-hydrogen) atoms. The zero-order chi connectivity index (χ0) is 37.3. The monoisotopic (exact) mass is 703 g/mol. The summed E-state index contributed by atoms with van der Waals surface area (Å²) in [6, 6.07) is 8.10. The van der Waals surface area contributed by atoms with E-state index in [1.165, 1.54) is 12.1 Å². The number of terminal acetylenes is 2. The lowest BCUT2D eigenvalue weighted by Gasteiger charge is -2.18. The van der Waals surface area contributed by atoms with Gasteiger partial charge in [0.2, 0.25) is 0 Å². The molecule has 1 amide bonds. The number of carbonyl (C=O) groups is 4. The van der Waals surface area contributed by atoms with E-state index < -0.39 is 5.97 Å². The number of ketones is 2. The molecule has 0 radical (unpaired) electrons. The normalized spacial score (nSPS) is 10.4. The van der Waals surface area contributed by atoms with Gasteiger partial charge >= 0.3 is 5.97 Å². The van der Waals surface area contributed by atoms with Crippen LogP contribution in [0.15, 0.2) is 30.3 Å². The van der Waals surface area contributed by atoms with E-state index in [0.717, 1.165) is 25.7 Å². The van der Waals surface area contributed by atoms with Crippen molar-refractivity contribution < 1.29 is 43.2 Å². The Balaban J connectivity index is 2.16. The number of Topliss-reactive ketones (excluding diaryl/α,β-unsaturated/α-hetero) is 2. The second-order valence-corrected chi connectivity index (χ2v) is 12.3. The minimum atomic E-state index is -1.12. The van der Waals surface area contributed by atoms with Crippen LogP contribution in [-0.2, 0) is 16.0 Å². The summed E-state index contributed by atoms with van der Waals surface area (Å²) in [6.45, 7) is 4.91. The Labute approximate surface area is 303 Å². The summed E-state index contributed by atoms with van der Waals surface area (Å²) in [6.07, 6.45) is 19.7. The average molecular weight is 704 g/mol. The van der Waals surface area contributed by atoms with Gasteiger partial charge in [-0.1, -0.05) is 0 Å². The minimum Gasteiger partial charge on any atom is -0.493 e. The van der Waals surface area contributed by atoms with E-state index in [9.17, 15) is 24.3 Å². The van der Waals surface area contributed by atoms with Crippen LogP contribution in [0.2, 0.25) is 0 Å². The standard InChI is InChI=1S/C41H53NO9/c1-5-7-9-13-22-48-35-26-33(27-36(30-35)49-23-14-10-8-6-2)40(45)42-21-17-20-37-38(50-24-15-11-18-31(3)43)28-34(41(46)47)29-39(37)51-25-16-12-19-32(4)44/h1-2,26-30H,7-25H2,3-4H3,(H,42,45)(H,46,47). The molecule has 0 fully saturated rings. The van der Waals surface area contributed by atoms with Crippen LogP contribution in [-0.4, -0.2) is 61.5 Å². The third-order valence-electron chi connectivity index (χ3n) is 7.78. The van der Waals surface area contributed by atoms with Crippen LogP contribution in [0.4, 0.5) is 0 Å². The van der Waals surface area contributed by atoms with Gasteiger partial charge in [0.1, 0.15) is 34.6 Å². The van der Waals surface area contributed by atoms with Crippen molar-refractivity contribution in [1.29, 1.82) is 0 Å². The van der Waals surface area contributed by atoms with Crippen molar-refractivity contribution in [3.8, 4) is 47.7 Å². The van der Waals surface area contributed by atoms with E-state index in [1.54, 1.807) is 32.0 Å². The summed E-state index contributed by atoms with van der Waals surface area (Å²) in [5.41, 5.74) is 1.11. The molecule has 2 N–H and O–H groups in total. The van der Waals surface area contributed by atoms with Crippen molar-refractivity contribution in [3.63, 3.8) is 0 Å². The number of carbonyl (C=O) groups excluding carboxylic acids is 3. The number of ether oxygens (including phenoxy) is 4. The van der Waals surface area contributed by atoms with Gasteiger partial charge in [0.05, 0.1) is 32.0 Å². The van der Waals surface area contributed by atoms with Crippen LogP contribution in [0.5, 0.6) is 23.0 Å². The fraction of sp³-hybridized carbons (Fsp3) is 0.512. The van der Waals surface area contributed by atoms with Crippen LogP contribution >= 0.6 is 0 Å². The third-order valence-corrected chi connectivity index (χ3v) is 7.78. The van der Waals surface area contributed by atoms with E-state index in [1.807, 2.05) is 0 Å². The number of nitrogens with one attached hydrogen (secondary N) is 1. The quantitative estimate of drug-likeness (QED) is 0.0687. The van der Waals surface area contributed by atoms with Gasteiger partial charge in [-0.25, -0.2) is 4.79 Å². The summed E-state index contributed by atoms with van der Waals surface area (Å²) >= 11 is 0. The lowest BCUT2D eigenvalue weighted by molar-refractivity contribution is -0.118. The molecule has 276 valence electrons. The van der Waals surface area contributed by atoms with Crippen molar-refractivity contribution in [2.75, 3.05) is 33.0 Å². The van der Waals surface area contributed by atoms with Gasteiger partial charge in [0.15, 0.2) is 0 Å². The van der Waals surface area contributed by atoms with Crippen molar-refractivity contribution >= 4 is 23.4 Å². The number of unbranched alkanes of at least 4 members (excludes halogenated alkanes) is 6. The molecule has 0 bridgehead atoms. The first-order valence-corrected chi connectivity index (χ1v) is 17.8. The number of carboxylic acid groups (broad SMARTS) is 1. The Morgan fingerprint density at radius 3 is 1.55 bits per heavy atom. The number of amides is 1. The fourth-order valence-electron chi connectivity index (χ4n) is 5.04. The molecule has 0 spiro atoms. The molecular weight excluding hydrogens is 650 g/mol. The molecule has 0 heterocycles. The average Bonchev–Trinajstić information content (AvgIpc) is 3.09. The molecule has 10 heteroatoms. The first-order chi connectivity index (χ1) is 24.6. The van der Waals surface area contributed by atoms with Gasteiger partial charge in [0.25, 0.3) is 5.91 Å². The number of hydrogen-bond acceptors (Lipinski definition) is 8. The van der Waals surface area contributed by atoms with Gasteiger partial charge in [-0.05, 0) is 102 Å². The Morgan fingerprint density at radius 2 is 1.10 bits per heavy atom. The van der Waals surface area contributed by atoms with Crippen molar-refractivity contribution in [2.45, 2.75) is 104 Å². The van der Waals surface area contributed by atoms with E-state index >= 15 is 0 Å². The maximum atomic E-state index is 13.3. The van der Waals surface area contributed by atoms with E-state index in [4.69, 9.17) is 31.8 Å². The molecule has 2 rings (SSSR count). The van der Waals surface area contributed by atoms with Crippen LogP contribution in [0.1, 0.15) is 124 Å². The molecule has 0 saturated carbocycles. The van der Waals surface area contributed by atoms with Gasteiger partial charge in [0, 0.05) is 49.4 Å². The predicted octanol–water partition coefficient (Wildman–Crippen LogP) is 7.39. The maximum absolute atomic E-state index is 13.3. The van der Waals surface area contributed by atoms with E-state index in [2.05, 4.69) is 17.2 Å². The lowest BCUT2D eigenvalue weighted by atomic mass is 10.0. The maximum Gasteiger partial charge on any atom is 0.335 e. The van der Waals surface area contributed by atoms with Crippen molar-refractivity contribution in [3.05, 3.63) is 47.0 Å². The zero-order valence-electron chi connectivity index (χ0n) is 30.2. The first kappa shape index (κ1) is 42.2. The molecule has 0 aliphatic heterocycles. The topological polar surface area (TPSA) is 137 Å². The van der Waals surface area contributed by atoms with Crippen LogP contribution in [0.3, 0.4) is 0 Å². The number of hydrogen-bond donors (Lipinski definition) is 2. The molecule has 0 unspecified atom stereocenters. The van der Waals surface area contributed by atoms with Gasteiger partial charge < -0.3 is 39.0 Å². The number of rotatable bonds is 28. The summed E-state index contributed by atoms with van der Waals surface area (Å²) in [5.74, 6) is 5.84. The highest BCUT2D eigenvalue weighted by molar-refractivity contribution is 5.95. The van der Waals surface area contributed by atoms with Crippen LogP contribution in [0, 0.1) is 24.7 Å².